The first kappa shape index (κ1) is 16.4. The third-order valence-corrected chi connectivity index (χ3v) is 4.83. The summed E-state index contributed by atoms with van der Waals surface area (Å²) in [4.78, 5) is 30.6. The minimum atomic E-state index is -0.439. The number of para-hydroxylation sites is 1. The molecule has 1 unspecified atom stereocenters. The Balaban J connectivity index is 1.59. The van der Waals surface area contributed by atoms with Crippen molar-refractivity contribution in [2.24, 2.45) is 0 Å². The molecule has 126 valence electrons. The van der Waals surface area contributed by atoms with Crippen molar-refractivity contribution in [1.82, 2.24) is 9.88 Å². The van der Waals surface area contributed by atoms with Crippen molar-refractivity contribution in [3.8, 4) is 5.75 Å². The molecule has 0 radical (unpaired) electrons. The molecule has 0 saturated carbocycles. The first-order valence-electron chi connectivity index (χ1n) is 7.92. The number of anilines is 1. The van der Waals surface area contributed by atoms with Crippen LogP contribution in [0.2, 0.25) is 0 Å². The lowest BCUT2D eigenvalue weighted by Crippen LogP contribution is -2.43. The number of nitrogens with one attached hydrogen (secondary N) is 1. The Kier molecular flexibility index (Phi) is 5.10. The van der Waals surface area contributed by atoms with E-state index in [-0.39, 0.29) is 24.0 Å². The molecule has 1 saturated heterocycles. The average Bonchev–Trinajstić information content (AvgIpc) is 3.25. The number of benzene rings is 1. The van der Waals surface area contributed by atoms with Crippen LogP contribution in [0.15, 0.2) is 35.8 Å². The van der Waals surface area contributed by atoms with Gasteiger partial charge in [-0.3, -0.25) is 9.59 Å². The highest BCUT2D eigenvalue weighted by atomic mass is 32.1. The average molecular weight is 345 g/mol. The molecular formula is C17H19N3O3S. The Bertz CT molecular complexity index is 718. The summed E-state index contributed by atoms with van der Waals surface area (Å²) in [5.74, 6) is -0.0433. The molecule has 2 aromatic rings. The molecule has 1 fully saturated rings. The summed E-state index contributed by atoms with van der Waals surface area (Å²) in [6, 6.07) is 6.56. The summed E-state index contributed by atoms with van der Waals surface area (Å²) in [6.45, 7) is 0.593. The van der Waals surface area contributed by atoms with Gasteiger partial charge in [0.2, 0.25) is 11.8 Å². The molecule has 24 heavy (non-hydrogen) atoms. The molecule has 2 amide bonds. The molecular weight excluding hydrogens is 326 g/mol. The molecule has 1 aliphatic heterocycles. The van der Waals surface area contributed by atoms with Crippen LogP contribution in [0.3, 0.4) is 0 Å². The van der Waals surface area contributed by atoms with Gasteiger partial charge >= 0.3 is 0 Å². The van der Waals surface area contributed by atoms with Gasteiger partial charge in [0.1, 0.15) is 11.8 Å². The molecule has 0 spiro atoms. The number of rotatable bonds is 5. The first-order valence-corrected chi connectivity index (χ1v) is 8.80. The van der Waals surface area contributed by atoms with Crippen molar-refractivity contribution in [2.45, 2.75) is 31.7 Å². The second kappa shape index (κ2) is 7.44. The second-order valence-electron chi connectivity index (χ2n) is 5.70. The van der Waals surface area contributed by atoms with Crippen LogP contribution in [0, 0.1) is 0 Å². The Morgan fingerprint density at radius 3 is 2.96 bits per heavy atom. The molecule has 7 heteroatoms. The summed E-state index contributed by atoms with van der Waals surface area (Å²) in [5.41, 5.74) is 0.744. The molecule has 1 aromatic carbocycles. The van der Waals surface area contributed by atoms with Gasteiger partial charge in [0.25, 0.3) is 0 Å². The van der Waals surface area contributed by atoms with E-state index < -0.39 is 6.04 Å². The van der Waals surface area contributed by atoms with E-state index >= 15 is 0 Å². The number of aryl methyl sites for hydroxylation is 1. The Morgan fingerprint density at radius 1 is 1.38 bits per heavy atom. The highest BCUT2D eigenvalue weighted by Gasteiger charge is 2.34. The van der Waals surface area contributed by atoms with Crippen LogP contribution in [0.25, 0.3) is 0 Å². The van der Waals surface area contributed by atoms with Gasteiger partial charge in [-0.2, -0.15) is 0 Å². The number of phenols is 1. The smallest absolute Gasteiger partial charge is 0.248 e. The van der Waals surface area contributed by atoms with Crippen LogP contribution in [-0.4, -0.2) is 39.4 Å². The molecule has 0 bridgehead atoms. The summed E-state index contributed by atoms with van der Waals surface area (Å²) >= 11 is 1.35. The third kappa shape index (κ3) is 3.73. The predicted molar refractivity (Wildman–Crippen MR) is 91.9 cm³/mol. The van der Waals surface area contributed by atoms with Crippen molar-refractivity contribution in [1.29, 1.82) is 0 Å². The summed E-state index contributed by atoms with van der Waals surface area (Å²) in [7, 11) is 0. The fourth-order valence-electron chi connectivity index (χ4n) is 2.92. The lowest BCUT2D eigenvalue weighted by atomic mass is 10.1. The van der Waals surface area contributed by atoms with Crippen molar-refractivity contribution < 1.29 is 14.7 Å². The molecule has 2 heterocycles. The van der Waals surface area contributed by atoms with Gasteiger partial charge in [0.05, 0.1) is 0 Å². The zero-order valence-corrected chi connectivity index (χ0v) is 14.0. The number of carbonyl (C=O) groups is 2. The van der Waals surface area contributed by atoms with Gasteiger partial charge in [-0.25, -0.2) is 4.98 Å². The zero-order chi connectivity index (χ0) is 16.9. The monoisotopic (exact) mass is 345 g/mol. The van der Waals surface area contributed by atoms with E-state index in [9.17, 15) is 14.7 Å². The SMILES string of the molecule is O=C(Nc1nccs1)C1CCCN1C(=O)CCc1ccccc1O. The lowest BCUT2D eigenvalue weighted by Gasteiger charge is -2.23. The Labute approximate surface area is 144 Å². The number of phenolic OH excluding ortho intramolecular Hbond substituents is 1. The maximum Gasteiger partial charge on any atom is 0.248 e. The summed E-state index contributed by atoms with van der Waals surface area (Å²) in [6.07, 6.45) is 3.85. The van der Waals surface area contributed by atoms with Crippen LogP contribution in [0.4, 0.5) is 5.13 Å². The quantitative estimate of drug-likeness (QED) is 0.872. The van der Waals surface area contributed by atoms with Crippen molar-refractivity contribution in [3.63, 3.8) is 0 Å². The Hall–Kier alpha value is -2.41. The maximum absolute atomic E-state index is 12.5. The van der Waals surface area contributed by atoms with E-state index in [2.05, 4.69) is 10.3 Å². The lowest BCUT2D eigenvalue weighted by molar-refractivity contribution is -0.136. The number of nitrogens with zero attached hydrogens (tertiary/aromatic N) is 2. The predicted octanol–water partition coefficient (Wildman–Crippen LogP) is 2.41. The van der Waals surface area contributed by atoms with Gasteiger partial charge in [-0.1, -0.05) is 18.2 Å². The number of hydrogen-bond acceptors (Lipinski definition) is 5. The van der Waals surface area contributed by atoms with Gasteiger partial charge in [-0.05, 0) is 30.9 Å². The van der Waals surface area contributed by atoms with E-state index in [0.717, 1.165) is 12.0 Å². The number of aromatic nitrogens is 1. The van der Waals surface area contributed by atoms with E-state index in [1.807, 2.05) is 6.07 Å². The molecule has 1 aliphatic rings. The number of likely N-dealkylation sites (tertiary alicyclic amines) is 1. The molecule has 0 aliphatic carbocycles. The highest BCUT2D eigenvalue weighted by molar-refractivity contribution is 7.13. The normalized spacial score (nSPS) is 17.0. The van der Waals surface area contributed by atoms with Crippen LogP contribution < -0.4 is 5.32 Å². The largest absolute Gasteiger partial charge is 0.508 e. The van der Waals surface area contributed by atoms with E-state index in [0.29, 0.717) is 24.5 Å². The Morgan fingerprint density at radius 2 is 2.21 bits per heavy atom. The van der Waals surface area contributed by atoms with Crippen LogP contribution >= 0.6 is 11.3 Å². The van der Waals surface area contributed by atoms with E-state index in [1.54, 1.807) is 34.7 Å². The highest BCUT2D eigenvalue weighted by Crippen LogP contribution is 2.23. The van der Waals surface area contributed by atoms with E-state index in [1.165, 1.54) is 11.3 Å². The number of carbonyl (C=O) groups excluding carboxylic acids is 2. The number of aromatic hydroxyl groups is 1. The molecule has 6 nitrogen and oxygen atoms in total. The number of thiazole rings is 1. The molecule has 1 aromatic heterocycles. The van der Waals surface area contributed by atoms with Crippen LogP contribution in [0.5, 0.6) is 5.75 Å². The third-order valence-electron chi connectivity index (χ3n) is 4.14. The molecule has 2 N–H and O–H groups in total. The number of amides is 2. The minimum absolute atomic E-state index is 0.0601. The van der Waals surface area contributed by atoms with Crippen molar-refractivity contribution >= 4 is 28.3 Å². The van der Waals surface area contributed by atoms with Crippen molar-refractivity contribution in [2.75, 3.05) is 11.9 Å². The van der Waals surface area contributed by atoms with Gasteiger partial charge < -0.3 is 15.3 Å². The van der Waals surface area contributed by atoms with Crippen molar-refractivity contribution in [3.05, 3.63) is 41.4 Å². The van der Waals surface area contributed by atoms with Crippen LogP contribution in [0.1, 0.15) is 24.8 Å². The summed E-state index contributed by atoms with van der Waals surface area (Å²) < 4.78 is 0. The zero-order valence-electron chi connectivity index (χ0n) is 13.1. The topological polar surface area (TPSA) is 82.5 Å². The standard InChI is InChI=1S/C17H19N3O3S/c21-14-6-2-1-4-12(14)7-8-15(22)20-10-3-5-13(20)16(23)19-17-18-9-11-24-17/h1-2,4,6,9,11,13,21H,3,5,7-8,10H2,(H,18,19,23). The van der Waals surface area contributed by atoms with Gasteiger partial charge in [0.15, 0.2) is 5.13 Å². The van der Waals surface area contributed by atoms with Gasteiger partial charge in [0, 0.05) is 24.5 Å². The second-order valence-corrected chi connectivity index (χ2v) is 6.59. The molecule has 3 rings (SSSR count). The first-order chi connectivity index (χ1) is 11.6. The maximum atomic E-state index is 12.5. The van der Waals surface area contributed by atoms with E-state index in [4.69, 9.17) is 0 Å². The summed E-state index contributed by atoms with van der Waals surface area (Å²) in [5, 5.41) is 14.9. The number of hydrogen-bond donors (Lipinski definition) is 2. The van der Waals surface area contributed by atoms with Gasteiger partial charge in [-0.15, -0.1) is 11.3 Å². The molecule has 1 atom stereocenters. The minimum Gasteiger partial charge on any atom is -0.508 e. The van der Waals surface area contributed by atoms with Crippen LogP contribution in [-0.2, 0) is 16.0 Å². The fraction of sp³-hybridized carbons (Fsp3) is 0.353. The fourth-order valence-corrected chi connectivity index (χ4v) is 3.45.